The molecule has 0 aliphatic rings. The lowest BCUT2D eigenvalue weighted by Crippen LogP contribution is -2.54. The normalized spacial score (nSPS) is 15.8. The van der Waals surface area contributed by atoms with Crippen LogP contribution in [-0.2, 0) is 19.4 Å². The number of halogens is 1. The van der Waals surface area contributed by atoms with Gasteiger partial charge in [0.1, 0.15) is 34.0 Å². The fraction of sp³-hybridized carbons (Fsp3) is 0.714. The molecule has 1 heterocycles. The standard InChI is InChI=1S/C21H38FN3O4S2Si/c1-14(2)13-15(23-19(27)29-20(3,4)5)18(26)24-31(28,17-12-11-16(22)30-17)25-32(9,10)21(6,7)8/h11-12,14-15H,13H2,1-10H3,(H,23,27)(H,24,25,26,28)/t15-,31?/m0/s1. The van der Waals surface area contributed by atoms with Crippen LogP contribution in [0.15, 0.2) is 20.7 Å². The Bertz CT molecular complexity index is 940. The van der Waals surface area contributed by atoms with Crippen LogP contribution in [0.4, 0.5) is 9.18 Å². The summed E-state index contributed by atoms with van der Waals surface area (Å²) in [5, 5.41) is 1.83. The van der Waals surface area contributed by atoms with Gasteiger partial charge < -0.3 is 10.1 Å². The Balaban J connectivity index is 3.44. The van der Waals surface area contributed by atoms with E-state index in [2.05, 4.69) is 14.1 Å². The maximum absolute atomic E-state index is 14.0. The lowest BCUT2D eigenvalue weighted by molar-refractivity contribution is -0.120. The zero-order valence-electron chi connectivity index (χ0n) is 20.8. The average molecular weight is 508 g/mol. The molecule has 0 spiro atoms. The molecule has 0 aliphatic carbocycles. The molecule has 1 rings (SSSR count). The molecule has 0 saturated carbocycles. The van der Waals surface area contributed by atoms with Crippen LogP contribution in [0.2, 0.25) is 18.1 Å². The van der Waals surface area contributed by atoms with Gasteiger partial charge in [0.25, 0.3) is 5.91 Å². The highest BCUT2D eigenvalue weighted by Crippen LogP contribution is 2.36. The van der Waals surface area contributed by atoms with E-state index in [-0.39, 0.29) is 21.6 Å². The van der Waals surface area contributed by atoms with Crippen LogP contribution in [-0.4, -0.2) is 36.1 Å². The summed E-state index contributed by atoms with van der Waals surface area (Å²) in [6, 6.07) is 1.58. The third-order valence-electron chi connectivity index (χ3n) is 5.00. The summed E-state index contributed by atoms with van der Waals surface area (Å²) in [5.41, 5.74) is -0.738. The fourth-order valence-corrected chi connectivity index (χ4v) is 9.34. The first-order chi connectivity index (χ1) is 14.3. The van der Waals surface area contributed by atoms with E-state index >= 15 is 0 Å². The maximum atomic E-state index is 14.0. The number of amides is 2. The van der Waals surface area contributed by atoms with E-state index in [4.69, 9.17) is 4.74 Å². The number of nitrogens with one attached hydrogen (secondary N) is 2. The van der Waals surface area contributed by atoms with E-state index in [0.717, 1.165) is 0 Å². The fourth-order valence-electron chi connectivity index (χ4n) is 2.40. The van der Waals surface area contributed by atoms with Crippen LogP contribution in [0, 0.1) is 11.0 Å². The van der Waals surface area contributed by atoms with Crippen molar-refractivity contribution >= 4 is 41.5 Å². The molecule has 0 radical (unpaired) electrons. The van der Waals surface area contributed by atoms with Crippen molar-refractivity contribution in [3.05, 3.63) is 17.3 Å². The molecular formula is C21H38FN3O4S2Si. The highest BCUT2D eigenvalue weighted by atomic mass is 32.2. The van der Waals surface area contributed by atoms with E-state index in [0.29, 0.717) is 11.3 Å². The molecule has 32 heavy (non-hydrogen) atoms. The lowest BCUT2D eigenvalue weighted by Gasteiger charge is -2.37. The maximum Gasteiger partial charge on any atom is 0.408 e. The number of hydrogen-bond acceptors (Lipinski definition) is 5. The Kier molecular flexibility index (Phi) is 9.26. The van der Waals surface area contributed by atoms with Gasteiger partial charge >= 0.3 is 6.09 Å². The van der Waals surface area contributed by atoms with Gasteiger partial charge in [-0.15, -0.1) is 4.36 Å². The van der Waals surface area contributed by atoms with E-state index in [1.165, 1.54) is 12.1 Å². The quantitative estimate of drug-likeness (QED) is 0.463. The molecule has 7 nitrogen and oxygen atoms in total. The molecule has 2 atom stereocenters. The number of carbonyl (C=O) groups excluding carboxylic acids is 2. The number of rotatable bonds is 7. The third kappa shape index (κ3) is 8.57. The smallest absolute Gasteiger partial charge is 0.408 e. The summed E-state index contributed by atoms with van der Waals surface area (Å²) < 4.78 is 40.5. The summed E-state index contributed by atoms with van der Waals surface area (Å²) in [4.78, 5) is 25.5. The van der Waals surface area contributed by atoms with Crippen molar-refractivity contribution in [1.82, 2.24) is 9.70 Å². The summed E-state index contributed by atoms with van der Waals surface area (Å²) in [6.45, 7) is 19.0. The summed E-state index contributed by atoms with van der Waals surface area (Å²) >= 11 is 0.695. The van der Waals surface area contributed by atoms with Crippen molar-refractivity contribution in [3.8, 4) is 0 Å². The number of ether oxygens (including phenoxy) is 1. The van der Waals surface area contributed by atoms with Gasteiger partial charge in [-0.1, -0.05) is 59.0 Å². The molecule has 0 fully saturated rings. The van der Waals surface area contributed by atoms with Crippen LogP contribution in [0.1, 0.15) is 61.8 Å². The predicted octanol–water partition coefficient (Wildman–Crippen LogP) is 5.69. The predicted molar refractivity (Wildman–Crippen MR) is 131 cm³/mol. The average Bonchev–Trinajstić information content (AvgIpc) is 2.97. The van der Waals surface area contributed by atoms with Crippen molar-refractivity contribution in [3.63, 3.8) is 0 Å². The van der Waals surface area contributed by atoms with Gasteiger partial charge in [0.05, 0.1) is 0 Å². The monoisotopic (exact) mass is 507 g/mol. The van der Waals surface area contributed by atoms with E-state index in [1.807, 2.05) is 47.7 Å². The Morgan fingerprint density at radius 2 is 1.75 bits per heavy atom. The van der Waals surface area contributed by atoms with E-state index < -0.39 is 46.9 Å². The van der Waals surface area contributed by atoms with Gasteiger partial charge in [-0.25, -0.2) is 13.4 Å². The highest BCUT2D eigenvalue weighted by Gasteiger charge is 2.40. The van der Waals surface area contributed by atoms with Gasteiger partial charge in [0.2, 0.25) is 0 Å². The second-order valence-corrected chi connectivity index (χ2v) is 19.4. The summed E-state index contributed by atoms with van der Waals surface area (Å²) in [6.07, 6.45) is -0.464. The van der Waals surface area contributed by atoms with Crippen LogP contribution >= 0.6 is 11.3 Å². The molecule has 2 amide bonds. The molecule has 2 N–H and O–H groups in total. The van der Waals surface area contributed by atoms with Gasteiger partial charge in [0.15, 0.2) is 5.13 Å². The first-order valence-electron chi connectivity index (χ1n) is 10.6. The molecule has 1 unspecified atom stereocenters. The Morgan fingerprint density at radius 1 is 1.19 bits per heavy atom. The van der Waals surface area contributed by atoms with E-state index in [1.54, 1.807) is 20.8 Å². The Hall–Kier alpha value is -1.30. The third-order valence-corrected chi connectivity index (χ3v) is 14.6. The Labute approximate surface area is 197 Å². The van der Waals surface area contributed by atoms with Crippen LogP contribution in [0.25, 0.3) is 0 Å². The number of thiophene rings is 1. The number of hydrogen-bond donors (Lipinski definition) is 2. The molecule has 0 bridgehead atoms. The molecule has 0 aromatic carbocycles. The van der Waals surface area contributed by atoms with E-state index in [9.17, 15) is 18.2 Å². The summed E-state index contributed by atoms with van der Waals surface area (Å²) in [5.74, 6) is -0.688. The second-order valence-electron chi connectivity index (χ2n) is 10.8. The van der Waals surface area contributed by atoms with Crippen LogP contribution in [0.3, 0.4) is 0 Å². The van der Waals surface area contributed by atoms with Crippen molar-refractivity contribution in [1.29, 1.82) is 0 Å². The lowest BCUT2D eigenvalue weighted by atomic mass is 10.0. The first-order valence-corrected chi connectivity index (χ1v) is 15.9. The van der Waals surface area contributed by atoms with Crippen molar-refractivity contribution in [2.24, 2.45) is 10.3 Å². The van der Waals surface area contributed by atoms with Crippen LogP contribution in [0.5, 0.6) is 0 Å². The number of nitrogens with zero attached hydrogens (tertiary/aromatic N) is 1. The summed E-state index contributed by atoms with van der Waals surface area (Å²) in [7, 11) is -5.88. The van der Waals surface area contributed by atoms with Crippen LogP contribution < -0.4 is 9.70 Å². The number of carbonyl (C=O) groups is 2. The minimum absolute atomic E-state index is 0.0534. The van der Waals surface area contributed by atoms with Gasteiger partial charge in [-0.05, 0) is 50.3 Å². The van der Waals surface area contributed by atoms with Crippen molar-refractivity contribution in [2.45, 2.75) is 95.8 Å². The highest BCUT2D eigenvalue weighted by molar-refractivity contribution is 7.95. The SMILES string of the molecule is CC(C)C[C@H](NC(=O)OC(C)(C)C)C(=O)N=S(=O)(N[Si](C)(C)C(C)(C)C)c1ccc(F)s1. The molecule has 0 aliphatic heterocycles. The molecule has 1 aromatic rings. The van der Waals surface area contributed by atoms with Crippen molar-refractivity contribution < 1.29 is 22.9 Å². The second kappa shape index (κ2) is 10.3. The molecular weight excluding hydrogens is 469 g/mol. The van der Waals surface area contributed by atoms with Gasteiger partial charge in [-0.2, -0.15) is 4.39 Å². The molecule has 11 heteroatoms. The minimum Gasteiger partial charge on any atom is -0.444 e. The molecule has 184 valence electrons. The minimum atomic E-state index is -3.47. The number of alkyl carbamates (subject to hydrolysis) is 1. The largest absolute Gasteiger partial charge is 0.444 e. The molecule has 1 aromatic heterocycles. The topological polar surface area (TPSA) is 96.9 Å². The zero-order chi connectivity index (χ0) is 25.1. The first kappa shape index (κ1) is 28.7. The molecule has 0 saturated heterocycles. The van der Waals surface area contributed by atoms with Crippen molar-refractivity contribution in [2.75, 3.05) is 0 Å². The zero-order valence-corrected chi connectivity index (χ0v) is 23.4. The van der Waals surface area contributed by atoms with Gasteiger partial charge in [-0.3, -0.25) is 4.79 Å². The Morgan fingerprint density at radius 3 is 2.16 bits per heavy atom. The van der Waals surface area contributed by atoms with Gasteiger partial charge in [0, 0.05) is 0 Å².